The van der Waals surface area contributed by atoms with Crippen molar-refractivity contribution < 1.29 is 4.92 Å². The van der Waals surface area contributed by atoms with E-state index in [0.717, 1.165) is 11.1 Å². The maximum atomic E-state index is 12.6. The number of para-hydroxylation sites is 2. The quantitative estimate of drug-likeness (QED) is 0.336. The van der Waals surface area contributed by atoms with Gasteiger partial charge >= 0.3 is 5.69 Å². The van der Waals surface area contributed by atoms with Crippen LogP contribution in [0.1, 0.15) is 5.56 Å². The third-order valence-electron chi connectivity index (χ3n) is 5.14. The first-order chi connectivity index (χ1) is 15.0. The van der Waals surface area contributed by atoms with Crippen molar-refractivity contribution in [2.45, 2.75) is 0 Å². The van der Waals surface area contributed by atoms with Crippen molar-refractivity contribution in [2.75, 3.05) is 0 Å². The lowest BCUT2D eigenvalue weighted by atomic mass is 10.0. The number of aromatic amines is 2. The van der Waals surface area contributed by atoms with Crippen molar-refractivity contribution in [2.24, 2.45) is 0 Å². The molecule has 31 heavy (non-hydrogen) atoms. The van der Waals surface area contributed by atoms with Gasteiger partial charge in [0.2, 0.25) is 0 Å². The number of nitrogens with zero attached hydrogens (tertiary/aromatic N) is 3. The van der Waals surface area contributed by atoms with Gasteiger partial charge in [0.15, 0.2) is 5.69 Å². The molecule has 0 aliphatic carbocycles. The molecule has 0 fully saturated rings. The van der Waals surface area contributed by atoms with Crippen LogP contribution in [0.25, 0.3) is 44.5 Å². The third kappa shape index (κ3) is 3.01. The normalized spacial score (nSPS) is 10.9. The molecular formula is C23H13N5O3. The summed E-state index contributed by atoms with van der Waals surface area (Å²) in [5.41, 5.74) is 3.01. The molecule has 0 radical (unpaired) electrons. The van der Waals surface area contributed by atoms with Gasteiger partial charge in [0.1, 0.15) is 5.69 Å². The summed E-state index contributed by atoms with van der Waals surface area (Å²) in [5.74, 6) is 0. The SMILES string of the molecule is N#Cc1ccc(-c2ccc3[nH]c(-c4nc5ccccc5[nH]c4=O)c([N+](=O)[O-])c3c2)cc1. The molecular weight excluding hydrogens is 394 g/mol. The minimum absolute atomic E-state index is 0.0403. The standard InChI is InChI=1S/C23H13N5O3/c24-12-13-5-7-14(8-6-13)15-9-10-17-16(11-15)22(28(30)31)20(25-17)21-23(29)27-19-4-2-1-3-18(19)26-21/h1-11,25H,(H,27,29). The first-order valence-corrected chi connectivity index (χ1v) is 9.35. The molecule has 0 aliphatic rings. The zero-order valence-corrected chi connectivity index (χ0v) is 15.9. The molecule has 0 bridgehead atoms. The largest absolute Gasteiger partial charge is 0.347 e. The average molecular weight is 407 g/mol. The van der Waals surface area contributed by atoms with E-state index >= 15 is 0 Å². The Hall–Kier alpha value is -4.77. The van der Waals surface area contributed by atoms with E-state index in [1.165, 1.54) is 0 Å². The summed E-state index contributed by atoms with van der Waals surface area (Å²) >= 11 is 0. The number of hydrogen-bond acceptors (Lipinski definition) is 5. The number of nitriles is 1. The molecule has 0 amide bonds. The van der Waals surface area contributed by atoms with Gasteiger partial charge in [0.05, 0.1) is 38.5 Å². The van der Waals surface area contributed by atoms with Crippen LogP contribution in [0.5, 0.6) is 0 Å². The molecule has 8 heteroatoms. The number of H-pyrrole nitrogens is 2. The zero-order valence-electron chi connectivity index (χ0n) is 15.9. The van der Waals surface area contributed by atoms with Crippen LogP contribution in [-0.2, 0) is 0 Å². The lowest BCUT2D eigenvalue weighted by Gasteiger charge is -2.02. The first kappa shape index (κ1) is 18.3. The van der Waals surface area contributed by atoms with Gasteiger partial charge in [-0.25, -0.2) is 4.98 Å². The minimum Gasteiger partial charge on any atom is -0.347 e. The fourth-order valence-electron chi connectivity index (χ4n) is 3.65. The predicted molar refractivity (Wildman–Crippen MR) is 116 cm³/mol. The maximum Gasteiger partial charge on any atom is 0.304 e. The Morgan fingerprint density at radius 1 is 0.935 bits per heavy atom. The lowest BCUT2D eigenvalue weighted by Crippen LogP contribution is -2.12. The molecule has 5 rings (SSSR count). The Kier molecular flexibility index (Phi) is 4.08. The van der Waals surface area contributed by atoms with Crippen LogP contribution in [0.3, 0.4) is 0 Å². The van der Waals surface area contributed by atoms with E-state index in [0.29, 0.717) is 27.5 Å². The van der Waals surface area contributed by atoms with E-state index in [1.807, 2.05) is 6.07 Å². The predicted octanol–water partition coefficient (Wildman–Crippen LogP) is 4.52. The topological polar surface area (TPSA) is 128 Å². The van der Waals surface area contributed by atoms with Crippen molar-refractivity contribution in [1.29, 1.82) is 5.26 Å². The van der Waals surface area contributed by atoms with Gasteiger partial charge in [-0.15, -0.1) is 0 Å². The summed E-state index contributed by atoms with van der Waals surface area (Å²) < 4.78 is 0. The van der Waals surface area contributed by atoms with Crippen molar-refractivity contribution in [3.63, 3.8) is 0 Å². The molecule has 2 heterocycles. The molecule has 0 unspecified atom stereocenters. The molecule has 8 nitrogen and oxygen atoms in total. The fraction of sp³-hybridized carbons (Fsp3) is 0. The monoisotopic (exact) mass is 407 g/mol. The highest BCUT2D eigenvalue weighted by Crippen LogP contribution is 2.37. The lowest BCUT2D eigenvalue weighted by molar-refractivity contribution is -0.382. The third-order valence-corrected chi connectivity index (χ3v) is 5.14. The van der Waals surface area contributed by atoms with Crippen LogP contribution < -0.4 is 5.56 Å². The van der Waals surface area contributed by atoms with Gasteiger partial charge in [-0.1, -0.05) is 30.3 Å². The summed E-state index contributed by atoms with van der Waals surface area (Å²) in [6.07, 6.45) is 0. The number of nitrogens with one attached hydrogen (secondary N) is 2. The summed E-state index contributed by atoms with van der Waals surface area (Å²) in [6.45, 7) is 0. The van der Waals surface area contributed by atoms with Gasteiger partial charge in [-0.3, -0.25) is 14.9 Å². The number of benzene rings is 3. The fourth-order valence-corrected chi connectivity index (χ4v) is 3.65. The summed E-state index contributed by atoms with van der Waals surface area (Å²) in [6, 6.07) is 21.3. The molecule has 0 atom stereocenters. The molecule has 0 saturated carbocycles. The van der Waals surface area contributed by atoms with Crippen LogP contribution in [0.2, 0.25) is 0 Å². The highest BCUT2D eigenvalue weighted by atomic mass is 16.6. The van der Waals surface area contributed by atoms with E-state index in [1.54, 1.807) is 60.7 Å². The van der Waals surface area contributed by atoms with E-state index < -0.39 is 10.5 Å². The summed E-state index contributed by atoms with van der Waals surface area (Å²) in [7, 11) is 0. The Bertz CT molecular complexity index is 1590. The molecule has 2 aromatic heterocycles. The molecule has 0 aliphatic heterocycles. The molecule has 0 saturated heterocycles. The van der Waals surface area contributed by atoms with Crippen LogP contribution in [0, 0.1) is 21.4 Å². The van der Waals surface area contributed by atoms with Crippen molar-refractivity contribution in [3.05, 3.63) is 92.8 Å². The molecule has 148 valence electrons. The number of nitro groups is 1. The zero-order chi connectivity index (χ0) is 21.5. The van der Waals surface area contributed by atoms with Crippen molar-refractivity contribution >= 4 is 27.6 Å². The summed E-state index contributed by atoms with van der Waals surface area (Å²) in [5, 5.41) is 21.3. The molecule has 2 N–H and O–H groups in total. The van der Waals surface area contributed by atoms with E-state index in [-0.39, 0.29) is 17.1 Å². The minimum atomic E-state index is -0.513. The second-order valence-electron chi connectivity index (χ2n) is 6.99. The number of fused-ring (bicyclic) bond motifs is 2. The highest BCUT2D eigenvalue weighted by Gasteiger charge is 2.26. The van der Waals surface area contributed by atoms with Gasteiger partial charge in [-0.2, -0.15) is 5.26 Å². The number of hydrogen-bond donors (Lipinski definition) is 2. The molecule has 5 aromatic rings. The van der Waals surface area contributed by atoms with E-state index in [4.69, 9.17) is 5.26 Å². The number of rotatable bonds is 3. The van der Waals surface area contributed by atoms with Gasteiger partial charge in [-0.05, 0) is 47.5 Å². The van der Waals surface area contributed by atoms with Crippen LogP contribution >= 0.6 is 0 Å². The maximum absolute atomic E-state index is 12.6. The Balaban J connectivity index is 1.74. The number of aromatic nitrogens is 3. The Morgan fingerprint density at radius 3 is 2.42 bits per heavy atom. The smallest absolute Gasteiger partial charge is 0.304 e. The average Bonchev–Trinajstić information content (AvgIpc) is 3.17. The van der Waals surface area contributed by atoms with E-state index in [2.05, 4.69) is 21.0 Å². The van der Waals surface area contributed by atoms with Crippen LogP contribution in [0.15, 0.2) is 71.5 Å². The Morgan fingerprint density at radius 2 is 1.68 bits per heavy atom. The van der Waals surface area contributed by atoms with E-state index in [9.17, 15) is 14.9 Å². The first-order valence-electron chi connectivity index (χ1n) is 9.35. The van der Waals surface area contributed by atoms with Gasteiger partial charge < -0.3 is 9.97 Å². The Labute approximate surface area is 174 Å². The molecule has 0 spiro atoms. The van der Waals surface area contributed by atoms with Crippen LogP contribution in [0.4, 0.5) is 5.69 Å². The van der Waals surface area contributed by atoms with Crippen molar-refractivity contribution in [3.8, 4) is 28.6 Å². The second kappa shape index (κ2) is 6.93. The van der Waals surface area contributed by atoms with Crippen LogP contribution in [-0.4, -0.2) is 19.9 Å². The highest BCUT2D eigenvalue weighted by molar-refractivity contribution is 5.99. The van der Waals surface area contributed by atoms with Gasteiger partial charge in [0, 0.05) is 0 Å². The second-order valence-corrected chi connectivity index (χ2v) is 6.99. The molecule has 3 aromatic carbocycles. The van der Waals surface area contributed by atoms with Gasteiger partial charge in [0.25, 0.3) is 5.56 Å². The summed E-state index contributed by atoms with van der Waals surface area (Å²) in [4.78, 5) is 34.2. The van der Waals surface area contributed by atoms with Crippen molar-refractivity contribution in [1.82, 2.24) is 15.0 Å².